The molecule has 0 fully saturated rings. The van der Waals surface area contributed by atoms with Gasteiger partial charge in [0.15, 0.2) is 0 Å². The zero-order chi connectivity index (χ0) is 20.9. The van der Waals surface area contributed by atoms with Gasteiger partial charge < -0.3 is 15.4 Å². The maximum atomic E-state index is 12.9. The molecule has 0 saturated heterocycles. The van der Waals surface area contributed by atoms with Crippen molar-refractivity contribution >= 4 is 29.2 Å². The van der Waals surface area contributed by atoms with Crippen molar-refractivity contribution in [2.45, 2.75) is 16.0 Å². The summed E-state index contributed by atoms with van der Waals surface area (Å²) in [4.78, 5) is 18.2. The van der Waals surface area contributed by atoms with Crippen LogP contribution in [0, 0.1) is 0 Å². The van der Waals surface area contributed by atoms with E-state index in [4.69, 9.17) is 4.74 Å². The Balaban J connectivity index is 1.66. The van der Waals surface area contributed by atoms with Crippen LogP contribution in [0.3, 0.4) is 0 Å². The first-order chi connectivity index (χ1) is 13.8. The molecule has 0 atom stereocenters. The fourth-order valence-electron chi connectivity index (χ4n) is 2.42. The maximum Gasteiger partial charge on any atom is 0.416 e. The second-order valence-electron chi connectivity index (χ2n) is 5.80. The number of ether oxygens (including phenoxy) is 1. The smallest absolute Gasteiger partial charge is 0.416 e. The zero-order valence-electron chi connectivity index (χ0n) is 15.2. The highest BCUT2D eigenvalue weighted by molar-refractivity contribution is 7.99. The van der Waals surface area contributed by atoms with Crippen molar-refractivity contribution < 1.29 is 22.7 Å². The number of hydrogen-bond acceptors (Lipinski definition) is 4. The number of alkyl halides is 3. The third-order valence-corrected chi connectivity index (χ3v) is 4.79. The van der Waals surface area contributed by atoms with Gasteiger partial charge in [-0.1, -0.05) is 11.8 Å². The van der Waals surface area contributed by atoms with Gasteiger partial charge in [0.05, 0.1) is 18.4 Å². The SMILES string of the molecule is COc1ccc(C(F)(F)F)cc1NC(=O)Nc1ccc(Sc2ccncc2)cc1. The molecule has 0 radical (unpaired) electrons. The number of amides is 2. The molecular formula is C20H16F3N3O2S. The van der Waals surface area contributed by atoms with Crippen molar-refractivity contribution in [2.24, 2.45) is 0 Å². The Kier molecular flexibility index (Phi) is 6.28. The van der Waals surface area contributed by atoms with Crippen LogP contribution in [-0.2, 0) is 6.18 Å². The van der Waals surface area contributed by atoms with Gasteiger partial charge in [-0.05, 0) is 54.6 Å². The first-order valence-electron chi connectivity index (χ1n) is 8.36. The van der Waals surface area contributed by atoms with Gasteiger partial charge in [-0.25, -0.2) is 4.79 Å². The van der Waals surface area contributed by atoms with Crippen LogP contribution in [0.5, 0.6) is 5.75 Å². The summed E-state index contributed by atoms with van der Waals surface area (Å²) in [5.74, 6) is 0.122. The molecule has 9 heteroatoms. The minimum atomic E-state index is -4.53. The van der Waals surface area contributed by atoms with Gasteiger partial charge in [-0.2, -0.15) is 13.2 Å². The lowest BCUT2D eigenvalue weighted by Crippen LogP contribution is -2.20. The van der Waals surface area contributed by atoms with Crippen molar-refractivity contribution in [3.63, 3.8) is 0 Å². The number of hydrogen-bond donors (Lipinski definition) is 2. The summed E-state index contributed by atoms with van der Waals surface area (Å²) in [7, 11) is 1.31. The van der Waals surface area contributed by atoms with E-state index in [2.05, 4.69) is 15.6 Å². The minimum absolute atomic E-state index is 0.0790. The molecule has 3 aromatic rings. The number of urea groups is 1. The van der Waals surface area contributed by atoms with E-state index in [1.165, 1.54) is 18.9 Å². The normalized spacial score (nSPS) is 11.0. The van der Waals surface area contributed by atoms with Crippen molar-refractivity contribution in [1.82, 2.24) is 4.98 Å². The van der Waals surface area contributed by atoms with Crippen molar-refractivity contribution in [2.75, 3.05) is 17.7 Å². The van der Waals surface area contributed by atoms with Gasteiger partial charge in [0, 0.05) is 27.9 Å². The second-order valence-corrected chi connectivity index (χ2v) is 6.95. The highest BCUT2D eigenvalue weighted by atomic mass is 32.2. The standard InChI is InChI=1S/C20H16F3N3O2S/c1-28-18-7-2-13(20(21,22)23)12-17(18)26-19(27)25-14-3-5-15(6-4-14)29-16-8-10-24-11-9-16/h2-12H,1H3,(H2,25,26,27). The van der Waals surface area contributed by atoms with E-state index >= 15 is 0 Å². The van der Waals surface area contributed by atoms with Crippen LogP contribution in [0.25, 0.3) is 0 Å². The molecule has 150 valence electrons. The highest BCUT2D eigenvalue weighted by Crippen LogP contribution is 2.35. The van der Waals surface area contributed by atoms with E-state index in [1.54, 1.807) is 24.5 Å². The van der Waals surface area contributed by atoms with E-state index in [0.717, 1.165) is 28.0 Å². The zero-order valence-corrected chi connectivity index (χ0v) is 16.0. The molecule has 2 amide bonds. The molecular weight excluding hydrogens is 403 g/mol. The summed E-state index contributed by atoms with van der Waals surface area (Å²) >= 11 is 1.54. The Labute approximate surface area is 169 Å². The van der Waals surface area contributed by atoms with Crippen LogP contribution in [-0.4, -0.2) is 18.1 Å². The molecule has 0 spiro atoms. The molecule has 1 aromatic heterocycles. The Morgan fingerprint density at radius 2 is 1.62 bits per heavy atom. The third-order valence-electron chi connectivity index (χ3n) is 3.77. The molecule has 5 nitrogen and oxygen atoms in total. The van der Waals surface area contributed by atoms with Gasteiger partial charge in [-0.3, -0.25) is 4.98 Å². The third kappa shape index (κ3) is 5.64. The molecule has 0 aliphatic rings. The average molecular weight is 419 g/mol. The molecule has 29 heavy (non-hydrogen) atoms. The topological polar surface area (TPSA) is 63.2 Å². The maximum absolute atomic E-state index is 12.9. The molecule has 0 saturated carbocycles. The summed E-state index contributed by atoms with van der Waals surface area (Å²) in [5.41, 5.74) is -0.469. The molecule has 3 rings (SSSR count). The number of aromatic nitrogens is 1. The fourth-order valence-corrected chi connectivity index (χ4v) is 3.22. The monoisotopic (exact) mass is 419 g/mol. The van der Waals surface area contributed by atoms with Crippen LogP contribution in [0.15, 0.2) is 76.8 Å². The predicted molar refractivity (Wildman–Crippen MR) is 105 cm³/mol. The Morgan fingerprint density at radius 1 is 0.966 bits per heavy atom. The quantitative estimate of drug-likeness (QED) is 0.540. The Morgan fingerprint density at radius 3 is 2.24 bits per heavy atom. The number of halogens is 3. The molecule has 0 aliphatic heterocycles. The van der Waals surface area contributed by atoms with Crippen molar-refractivity contribution in [3.05, 3.63) is 72.6 Å². The first-order valence-corrected chi connectivity index (χ1v) is 9.18. The summed E-state index contributed by atoms with van der Waals surface area (Å²) < 4.78 is 43.7. The number of carbonyl (C=O) groups excluding carboxylic acids is 1. The second kappa shape index (κ2) is 8.87. The van der Waals surface area contributed by atoms with Gasteiger partial charge in [0.25, 0.3) is 0 Å². The Bertz CT molecular complexity index is 981. The van der Waals surface area contributed by atoms with Gasteiger partial charge >= 0.3 is 12.2 Å². The van der Waals surface area contributed by atoms with Crippen molar-refractivity contribution in [1.29, 1.82) is 0 Å². The molecule has 0 unspecified atom stereocenters. The largest absolute Gasteiger partial charge is 0.495 e. The van der Waals surface area contributed by atoms with Crippen LogP contribution in [0.2, 0.25) is 0 Å². The molecule has 2 N–H and O–H groups in total. The van der Waals surface area contributed by atoms with Gasteiger partial charge in [0.2, 0.25) is 0 Å². The Hall–Kier alpha value is -3.20. The molecule has 1 heterocycles. The lowest BCUT2D eigenvalue weighted by Gasteiger charge is -2.14. The summed E-state index contributed by atoms with van der Waals surface area (Å²) in [6, 6.07) is 13.0. The predicted octanol–water partition coefficient (Wildman–Crippen LogP) is 5.90. The number of nitrogens with zero attached hydrogens (tertiary/aromatic N) is 1. The van der Waals surface area contributed by atoms with E-state index in [0.29, 0.717) is 5.69 Å². The molecule has 2 aromatic carbocycles. The lowest BCUT2D eigenvalue weighted by molar-refractivity contribution is -0.137. The van der Waals surface area contributed by atoms with E-state index in [-0.39, 0.29) is 11.4 Å². The summed E-state index contributed by atoms with van der Waals surface area (Å²) in [5, 5.41) is 4.97. The number of anilines is 2. The lowest BCUT2D eigenvalue weighted by atomic mass is 10.2. The average Bonchev–Trinajstić information content (AvgIpc) is 2.69. The number of benzene rings is 2. The summed E-state index contributed by atoms with van der Waals surface area (Å²) in [6.45, 7) is 0. The number of rotatable bonds is 5. The minimum Gasteiger partial charge on any atom is -0.495 e. The fraction of sp³-hybridized carbons (Fsp3) is 0.100. The number of pyridine rings is 1. The molecule has 0 aliphatic carbocycles. The van der Waals surface area contributed by atoms with Crippen LogP contribution in [0.1, 0.15) is 5.56 Å². The number of nitrogens with one attached hydrogen (secondary N) is 2. The number of carbonyl (C=O) groups is 1. The van der Waals surface area contributed by atoms with Crippen LogP contribution >= 0.6 is 11.8 Å². The summed E-state index contributed by atoms with van der Waals surface area (Å²) in [6.07, 6.45) is -1.13. The van der Waals surface area contributed by atoms with Crippen LogP contribution < -0.4 is 15.4 Å². The number of methoxy groups -OCH3 is 1. The first kappa shape index (κ1) is 20.5. The van der Waals surface area contributed by atoms with Gasteiger partial charge in [-0.15, -0.1) is 0 Å². The van der Waals surface area contributed by atoms with E-state index < -0.39 is 17.8 Å². The van der Waals surface area contributed by atoms with E-state index in [1.807, 2.05) is 24.3 Å². The van der Waals surface area contributed by atoms with Crippen LogP contribution in [0.4, 0.5) is 29.3 Å². The highest BCUT2D eigenvalue weighted by Gasteiger charge is 2.31. The van der Waals surface area contributed by atoms with Gasteiger partial charge in [0.1, 0.15) is 5.75 Å². The molecule has 0 bridgehead atoms. The van der Waals surface area contributed by atoms with E-state index in [9.17, 15) is 18.0 Å². The van der Waals surface area contributed by atoms with Crippen molar-refractivity contribution in [3.8, 4) is 5.75 Å².